The molecule has 1 aromatic heterocycles. The lowest BCUT2D eigenvalue weighted by molar-refractivity contribution is 0.415. The van der Waals surface area contributed by atoms with Gasteiger partial charge in [0.2, 0.25) is 0 Å². The van der Waals surface area contributed by atoms with Crippen LogP contribution in [-0.4, -0.2) is 16.7 Å². The molecule has 0 atom stereocenters. The van der Waals surface area contributed by atoms with E-state index in [0.717, 1.165) is 4.57 Å². The van der Waals surface area contributed by atoms with Crippen molar-refractivity contribution >= 4 is 23.2 Å². The number of hydrogen-bond donors (Lipinski definition) is 1. The fourth-order valence-corrected chi connectivity index (χ4v) is 2.43. The molecule has 1 N–H and O–H groups in total. The lowest BCUT2D eigenvalue weighted by atomic mass is 10.2. The van der Waals surface area contributed by atoms with Gasteiger partial charge in [0.1, 0.15) is 10.9 Å². The first kappa shape index (κ1) is 14.7. The zero-order chi connectivity index (χ0) is 14.9. The third kappa shape index (κ3) is 2.46. The molecule has 0 aliphatic carbocycles. The summed E-state index contributed by atoms with van der Waals surface area (Å²) in [6.45, 7) is 1.78. The molecule has 0 radical (unpaired) electrons. The summed E-state index contributed by atoms with van der Waals surface area (Å²) in [7, 11) is 1.48. The topological polar surface area (TPSA) is 64.1 Å². The smallest absolute Gasteiger partial charge is 0.334 e. The lowest BCUT2D eigenvalue weighted by Crippen LogP contribution is -2.36. The second kappa shape index (κ2) is 5.73. The predicted octanol–water partition coefficient (Wildman–Crippen LogP) is 2.40. The highest BCUT2D eigenvalue weighted by Crippen LogP contribution is 2.25. The maximum Gasteiger partial charge on any atom is 0.334 e. The second-order valence-corrected chi connectivity index (χ2v) is 4.82. The van der Waals surface area contributed by atoms with Gasteiger partial charge in [0.15, 0.2) is 0 Å². The second-order valence-electron chi connectivity index (χ2n) is 4.04. The summed E-state index contributed by atoms with van der Waals surface area (Å²) < 4.78 is 6.03. The summed E-state index contributed by atoms with van der Waals surface area (Å²) in [5.41, 5.74) is -0.368. The normalized spacial score (nSPS) is 10.6. The molecule has 7 heteroatoms. The number of halogens is 2. The van der Waals surface area contributed by atoms with Crippen molar-refractivity contribution < 1.29 is 4.74 Å². The van der Waals surface area contributed by atoms with Crippen molar-refractivity contribution in [3.8, 4) is 11.4 Å². The molecular formula is C13H12Cl2N2O3. The predicted molar refractivity (Wildman–Crippen MR) is 78.6 cm³/mol. The molecular weight excluding hydrogens is 303 g/mol. The molecule has 0 fully saturated rings. The summed E-state index contributed by atoms with van der Waals surface area (Å²) >= 11 is 11.9. The van der Waals surface area contributed by atoms with Crippen LogP contribution < -0.4 is 16.0 Å². The third-order valence-electron chi connectivity index (χ3n) is 2.89. The highest BCUT2D eigenvalue weighted by atomic mass is 35.5. The molecule has 1 heterocycles. The van der Waals surface area contributed by atoms with Crippen LogP contribution in [0.1, 0.15) is 12.5 Å². The zero-order valence-electron chi connectivity index (χ0n) is 10.9. The third-order valence-corrected chi connectivity index (χ3v) is 3.51. The Morgan fingerprint density at radius 2 is 2.00 bits per heavy atom. The minimum atomic E-state index is -0.613. The maximum atomic E-state index is 12.3. The molecule has 0 spiro atoms. The first-order chi connectivity index (χ1) is 9.49. The molecule has 0 unspecified atom stereocenters. The minimum Gasteiger partial charge on any atom is -0.495 e. The van der Waals surface area contributed by atoms with Gasteiger partial charge in [-0.1, -0.05) is 30.1 Å². The van der Waals surface area contributed by atoms with Crippen molar-refractivity contribution in [2.45, 2.75) is 13.3 Å². The Bertz CT molecular complexity index is 765. The minimum absolute atomic E-state index is 0.0679. The number of hydrogen-bond acceptors (Lipinski definition) is 3. The van der Waals surface area contributed by atoms with Gasteiger partial charge in [-0.3, -0.25) is 9.78 Å². The van der Waals surface area contributed by atoms with E-state index >= 15 is 0 Å². The molecule has 0 bridgehead atoms. The average molecular weight is 315 g/mol. The van der Waals surface area contributed by atoms with E-state index in [9.17, 15) is 9.59 Å². The van der Waals surface area contributed by atoms with Gasteiger partial charge in [0, 0.05) is 0 Å². The molecule has 2 rings (SSSR count). The van der Waals surface area contributed by atoms with Gasteiger partial charge >= 0.3 is 5.69 Å². The van der Waals surface area contributed by atoms with Crippen LogP contribution in [0.4, 0.5) is 0 Å². The SMILES string of the molecule is CCc1c(Cl)[nH]c(=O)n(-c2ccc(OC)c(Cl)c2)c1=O. The van der Waals surface area contributed by atoms with Crippen LogP contribution in [-0.2, 0) is 6.42 Å². The summed E-state index contributed by atoms with van der Waals surface area (Å²) in [5, 5.41) is 0.377. The Kier molecular flexibility index (Phi) is 4.20. The quantitative estimate of drug-likeness (QED) is 0.885. The first-order valence-corrected chi connectivity index (χ1v) is 6.62. The molecule has 0 aliphatic rings. The van der Waals surface area contributed by atoms with Crippen LogP contribution in [0.25, 0.3) is 5.69 Å². The summed E-state index contributed by atoms with van der Waals surface area (Å²) in [4.78, 5) is 26.7. The number of nitrogens with one attached hydrogen (secondary N) is 1. The van der Waals surface area contributed by atoms with Gasteiger partial charge in [-0.2, -0.15) is 0 Å². The molecule has 106 valence electrons. The number of nitrogens with zero attached hydrogens (tertiary/aromatic N) is 1. The Labute approximate surface area is 124 Å². The van der Waals surface area contributed by atoms with Crippen LogP contribution in [0, 0.1) is 0 Å². The molecule has 0 saturated carbocycles. The number of H-pyrrole nitrogens is 1. The van der Waals surface area contributed by atoms with E-state index in [0.29, 0.717) is 28.4 Å². The summed E-state index contributed by atoms with van der Waals surface area (Å²) in [6.07, 6.45) is 0.415. The van der Waals surface area contributed by atoms with Crippen LogP contribution in [0.2, 0.25) is 10.2 Å². The fraction of sp³-hybridized carbons (Fsp3) is 0.231. The molecule has 1 aromatic carbocycles. The van der Waals surface area contributed by atoms with Crippen LogP contribution in [0.5, 0.6) is 5.75 Å². The van der Waals surface area contributed by atoms with E-state index in [4.69, 9.17) is 27.9 Å². The van der Waals surface area contributed by atoms with Gasteiger partial charge < -0.3 is 4.74 Å². The van der Waals surface area contributed by atoms with Gasteiger partial charge in [0.05, 0.1) is 23.4 Å². The van der Waals surface area contributed by atoms with Gasteiger partial charge in [-0.25, -0.2) is 9.36 Å². The van der Waals surface area contributed by atoms with E-state index in [2.05, 4.69) is 4.98 Å². The van der Waals surface area contributed by atoms with Gasteiger partial charge in [-0.15, -0.1) is 0 Å². The van der Waals surface area contributed by atoms with Crippen molar-refractivity contribution in [1.82, 2.24) is 9.55 Å². The standard InChI is InChI=1S/C13H12Cl2N2O3/c1-3-8-11(15)16-13(19)17(12(8)18)7-4-5-10(20-2)9(14)6-7/h4-6H,3H2,1-2H3,(H,16,19). The van der Waals surface area contributed by atoms with Crippen LogP contribution >= 0.6 is 23.2 Å². The van der Waals surface area contributed by atoms with Crippen molar-refractivity contribution in [1.29, 1.82) is 0 Å². The van der Waals surface area contributed by atoms with E-state index in [1.54, 1.807) is 19.1 Å². The van der Waals surface area contributed by atoms with Crippen molar-refractivity contribution in [2.75, 3.05) is 7.11 Å². The molecule has 5 nitrogen and oxygen atoms in total. The van der Waals surface area contributed by atoms with E-state index < -0.39 is 11.2 Å². The molecule has 2 aromatic rings. The fourth-order valence-electron chi connectivity index (χ4n) is 1.88. The van der Waals surface area contributed by atoms with Gasteiger partial charge in [-0.05, 0) is 24.6 Å². The zero-order valence-corrected chi connectivity index (χ0v) is 12.4. The largest absolute Gasteiger partial charge is 0.495 e. The van der Waals surface area contributed by atoms with E-state index in [1.807, 2.05) is 0 Å². The molecule has 0 aliphatic heterocycles. The van der Waals surface area contributed by atoms with E-state index in [-0.39, 0.29) is 5.15 Å². The first-order valence-electron chi connectivity index (χ1n) is 5.87. The summed E-state index contributed by atoms with van der Waals surface area (Å²) in [5.74, 6) is 0.463. The Morgan fingerprint density at radius 3 is 2.55 bits per heavy atom. The Balaban J connectivity index is 2.73. The Morgan fingerprint density at radius 1 is 1.30 bits per heavy atom. The lowest BCUT2D eigenvalue weighted by Gasteiger charge is -2.09. The monoisotopic (exact) mass is 314 g/mol. The van der Waals surface area contributed by atoms with Crippen molar-refractivity contribution in [2.24, 2.45) is 0 Å². The van der Waals surface area contributed by atoms with Crippen molar-refractivity contribution in [3.63, 3.8) is 0 Å². The number of benzene rings is 1. The number of ether oxygens (including phenoxy) is 1. The number of aromatic amines is 1. The summed E-state index contributed by atoms with van der Waals surface area (Å²) in [6, 6.07) is 4.66. The number of rotatable bonds is 3. The Hall–Kier alpha value is -1.72. The van der Waals surface area contributed by atoms with Crippen LogP contribution in [0.15, 0.2) is 27.8 Å². The molecule has 20 heavy (non-hydrogen) atoms. The molecule has 0 amide bonds. The average Bonchev–Trinajstić information content (AvgIpc) is 2.39. The number of methoxy groups -OCH3 is 1. The molecule has 0 saturated heterocycles. The highest BCUT2D eigenvalue weighted by Gasteiger charge is 2.13. The maximum absolute atomic E-state index is 12.3. The van der Waals surface area contributed by atoms with E-state index in [1.165, 1.54) is 13.2 Å². The van der Waals surface area contributed by atoms with Crippen LogP contribution in [0.3, 0.4) is 0 Å². The highest BCUT2D eigenvalue weighted by molar-refractivity contribution is 6.32. The number of aromatic nitrogens is 2. The van der Waals surface area contributed by atoms with Crippen molar-refractivity contribution in [3.05, 3.63) is 54.8 Å². The van der Waals surface area contributed by atoms with Gasteiger partial charge in [0.25, 0.3) is 5.56 Å².